The van der Waals surface area contributed by atoms with Gasteiger partial charge in [-0.05, 0) is 11.1 Å². The van der Waals surface area contributed by atoms with Gasteiger partial charge in [0.15, 0.2) is 0 Å². The second-order valence-electron chi connectivity index (χ2n) is 5.27. The molecule has 0 saturated heterocycles. The molecule has 1 heterocycles. The van der Waals surface area contributed by atoms with Gasteiger partial charge < -0.3 is 10.0 Å². The molecule has 2 rings (SSSR count). The normalized spacial score (nSPS) is 17.9. The molecule has 0 aromatic heterocycles. The second-order valence-corrected chi connectivity index (χ2v) is 7.10. The largest absolute Gasteiger partial charge is 0.480 e. The average Bonchev–Trinajstić information content (AvgIpc) is 2.44. The van der Waals surface area contributed by atoms with Crippen molar-refractivity contribution in [2.75, 3.05) is 12.8 Å². The lowest BCUT2D eigenvalue weighted by Crippen LogP contribution is -2.49. The molecule has 0 bridgehead atoms. The number of hydrogen-bond acceptors (Lipinski definition) is 4. The number of carboxylic acids is 1. The Balaban J connectivity index is 2.10. The van der Waals surface area contributed by atoms with Crippen LogP contribution in [0.25, 0.3) is 0 Å². The van der Waals surface area contributed by atoms with Gasteiger partial charge in [-0.15, -0.1) is 0 Å². The number of rotatable bonds is 5. The molecule has 0 unspecified atom stereocenters. The molecular formula is C14H18N2O5S. The Labute approximate surface area is 129 Å². The van der Waals surface area contributed by atoms with Gasteiger partial charge in [-0.1, -0.05) is 24.3 Å². The van der Waals surface area contributed by atoms with Crippen molar-refractivity contribution in [3.63, 3.8) is 0 Å². The van der Waals surface area contributed by atoms with Gasteiger partial charge in [-0.3, -0.25) is 4.79 Å². The van der Waals surface area contributed by atoms with Crippen LogP contribution in [0, 0.1) is 0 Å². The van der Waals surface area contributed by atoms with E-state index in [4.69, 9.17) is 0 Å². The molecule has 1 atom stereocenters. The highest BCUT2D eigenvalue weighted by Crippen LogP contribution is 2.24. The van der Waals surface area contributed by atoms with Crippen LogP contribution in [0.1, 0.15) is 17.5 Å². The third-order valence-corrected chi connectivity index (χ3v) is 4.29. The molecule has 1 amide bonds. The third-order valence-electron chi connectivity index (χ3n) is 3.56. The van der Waals surface area contributed by atoms with Crippen molar-refractivity contribution in [2.45, 2.75) is 25.4 Å². The zero-order valence-corrected chi connectivity index (χ0v) is 13.0. The van der Waals surface area contributed by atoms with E-state index < -0.39 is 22.0 Å². The predicted octanol–water partition coefficient (Wildman–Crippen LogP) is -0.0362. The van der Waals surface area contributed by atoms with Crippen LogP contribution in [0.2, 0.25) is 0 Å². The van der Waals surface area contributed by atoms with Crippen molar-refractivity contribution in [1.82, 2.24) is 9.62 Å². The minimum atomic E-state index is -3.37. The van der Waals surface area contributed by atoms with Gasteiger partial charge in [-0.2, -0.15) is 0 Å². The Hall–Kier alpha value is -1.93. The Kier molecular flexibility index (Phi) is 4.82. The number of carboxylic acid groups (broad SMARTS) is 1. The first-order valence-electron chi connectivity index (χ1n) is 6.81. The summed E-state index contributed by atoms with van der Waals surface area (Å²) in [4.78, 5) is 24.9. The lowest BCUT2D eigenvalue weighted by Gasteiger charge is -2.34. The monoisotopic (exact) mass is 326 g/mol. The van der Waals surface area contributed by atoms with Crippen LogP contribution in [0.15, 0.2) is 24.3 Å². The van der Waals surface area contributed by atoms with Crippen molar-refractivity contribution in [3.05, 3.63) is 35.4 Å². The Morgan fingerprint density at radius 2 is 1.95 bits per heavy atom. The van der Waals surface area contributed by atoms with E-state index in [2.05, 4.69) is 4.72 Å². The van der Waals surface area contributed by atoms with E-state index in [1.807, 2.05) is 24.3 Å². The van der Waals surface area contributed by atoms with Gasteiger partial charge in [0, 0.05) is 25.9 Å². The van der Waals surface area contributed by atoms with Gasteiger partial charge in [0.05, 0.1) is 6.26 Å². The lowest BCUT2D eigenvalue weighted by atomic mass is 9.93. The minimum absolute atomic E-state index is 0.0395. The maximum absolute atomic E-state index is 12.2. The number of benzene rings is 1. The summed E-state index contributed by atoms with van der Waals surface area (Å²) >= 11 is 0. The lowest BCUT2D eigenvalue weighted by molar-refractivity contribution is -0.151. The van der Waals surface area contributed by atoms with E-state index in [-0.39, 0.29) is 31.8 Å². The van der Waals surface area contributed by atoms with Crippen LogP contribution >= 0.6 is 0 Å². The zero-order valence-electron chi connectivity index (χ0n) is 12.2. The van der Waals surface area contributed by atoms with Crippen LogP contribution in [0.4, 0.5) is 0 Å². The van der Waals surface area contributed by atoms with E-state index in [0.717, 1.165) is 17.4 Å². The molecule has 0 saturated carbocycles. The van der Waals surface area contributed by atoms with Crippen molar-refractivity contribution in [2.24, 2.45) is 0 Å². The minimum Gasteiger partial charge on any atom is -0.480 e. The molecule has 22 heavy (non-hydrogen) atoms. The quantitative estimate of drug-likeness (QED) is 0.790. The van der Waals surface area contributed by atoms with Crippen LogP contribution in [-0.2, 0) is 32.6 Å². The fourth-order valence-electron chi connectivity index (χ4n) is 2.49. The van der Waals surface area contributed by atoms with Crippen molar-refractivity contribution >= 4 is 21.9 Å². The molecule has 0 fully saturated rings. The first-order chi connectivity index (χ1) is 10.3. The molecular weight excluding hydrogens is 308 g/mol. The van der Waals surface area contributed by atoms with Crippen LogP contribution < -0.4 is 4.72 Å². The topological polar surface area (TPSA) is 104 Å². The Morgan fingerprint density at radius 3 is 2.55 bits per heavy atom. The Bertz CT molecular complexity index is 686. The Morgan fingerprint density at radius 1 is 1.32 bits per heavy atom. The van der Waals surface area contributed by atoms with E-state index in [1.165, 1.54) is 4.90 Å². The summed E-state index contributed by atoms with van der Waals surface area (Å²) in [6, 6.07) is 6.49. The average molecular weight is 326 g/mol. The highest BCUT2D eigenvalue weighted by atomic mass is 32.2. The number of amides is 1. The first-order valence-corrected chi connectivity index (χ1v) is 8.71. The molecule has 1 aliphatic rings. The number of nitrogens with zero attached hydrogens (tertiary/aromatic N) is 1. The summed E-state index contributed by atoms with van der Waals surface area (Å²) in [7, 11) is -3.37. The van der Waals surface area contributed by atoms with Gasteiger partial charge in [0.1, 0.15) is 6.04 Å². The SMILES string of the molecule is CS(=O)(=O)NCCC(=O)N1Cc2ccccc2C[C@H]1C(=O)O. The van der Waals surface area contributed by atoms with Crippen molar-refractivity contribution < 1.29 is 23.1 Å². The molecule has 1 aliphatic heterocycles. The number of carbonyl (C=O) groups is 2. The van der Waals surface area contributed by atoms with Gasteiger partial charge in [-0.25, -0.2) is 17.9 Å². The van der Waals surface area contributed by atoms with E-state index in [1.54, 1.807) is 0 Å². The van der Waals surface area contributed by atoms with E-state index >= 15 is 0 Å². The van der Waals surface area contributed by atoms with E-state index in [0.29, 0.717) is 0 Å². The summed E-state index contributed by atoms with van der Waals surface area (Å²) < 4.78 is 24.2. The maximum atomic E-state index is 12.2. The summed E-state index contributed by atoms with van der Waals surface area (Å²) in [5, 5.41) is 9.33. The van der Waals surface area contributed by atoms with Gasteiger partial charge >= 0.3 is 5.97 Å². The first kappa shape index (κ1) is 16.4. The summed E-state index contributed by atoms with van der Waals surface area (Å²) in [5.41, 5.74) is 1.85. The molecule has 8 heteroatoms. The molecule has 7 nitrogen and oxygen atoms in total. The van der Waals surface area contributed by atoms with Crippen molar-refractivity contribution in [1.29, 1.82) is 0 Å². The molecule has 0 radical (unpaired) electrons. The van der Waals surface area contributed by atoms with Crippen molar-refractivity contribution in [3.8, 4) is 0 Å². The smallest absolute Gasteiger partial charge is 0.326 e. The molecule has 1 aromatic rings. The van der Waals surface area contributed by atoms with Gasteiger partial charge in [0.25, 0.3) is 0 Å². The number of fused-ring (bicyclic) bond motifs is 1. The number of nitrogens with one attached hydrogen (secondary N) is 1. The number of hydrogen-bond donors (Lipinski definition) is 2. The fourth-order valence-corrected chi connectivity index (χ4v) is 2.97. The highest BCUT2D eigenvalue weighted by molar-refractivity contribution is 7.88. The van der Waals surface area contributed by atoms with Crippen LogP contribution in [0.5, 0.6) is 0 Å². The summed E-state index contributed by atoms with van der Waals surface area (Å²) in [5.74, 6) is -1.43. The van der Waals surface area contributed by atoms with E-state index in [9.17, 15) is 23.1 Å². The standard InChI is InChI=1S/C14H18N2O5S/c1-22(20,21)15-7-6-13(17)16-9-11-5-3-2-4-10(11)8-12(16)14(18)19/h2-5,12,15H,6-9H2,1H3,(H,18,19)/t12-/m0/s1. The number of aliphatic carboxylic acids is 1. The fraction of sp³-hybridized carbons (Fsp3) is 0.429. The second kappa shape index (κ2) is 6.45. The molecule has 0 aliphatic carbocycles. The molecule has 0 spiro atoms. The zero-order chi connectivity index (χ0) is 16.3. The number of sulfonamides is 1. The molecule has 1 aromatic carbocycles. The highest BCUT2D eigenvalue weighted by Gasteiger charge is 2.34. The number of carbonyl (C=O) groups excluding carboxylic acids is 1. The van der Waals surface area contributed by atoms with Crippen LogP contribution in [0.3, 0.4) is 0 Å². The van der Waals surface area contributed by atoms with Crippen LogP contribution in [-0.4, -0.2) is 49.1 Å². The third kappa shape index (κ3) is 4.05. The molecule has 120 valence electrons. The molecule has 2 N–H and O–H groups in total. The van der Waals surface area contributed by atoms with Gasteiger partial charge in [0.2, 0.25) is 15.9 Å². The maximum Gasteiger partial charge on any atom is 0.326 e. The summed E-state index contributed by atoms with van der Waals surface area (Å²) in [6.07, 6.45) is 1.20. The predicted molar refractivity (Wildman–Crippen MR) is 79.6 cm³/mol. The summed E-state index contributed by atoms with van der Waals surface area (Å²) in [6.45, 7) is 0.188.